The zero-order valence-electron chi connectivity index (χ0n) is 17.6. The number of likely N-dealkylation sites (tertiary alicyclic amines) is 1. The Kier molecular flexibility index (Phi) is 4.51. The monoisotopic (exact) mass is 433 g/mol. The van der Waals surface area contributed by atoms with Gasteiger partial charge in [-0.3, -0.25) is 9.89 Å². The molecule has 0 atom stereocenters. The number of nitrogens with zero attached hydrogens (tertiary/aromatic N) is 4. The van der Waals surface area contributed by atoms with Gasteiger partial charge in [-0.15, -0.1) is 0 Å². The molecule has 4 heterocycles. The van der Waals surface area contributed by atoms with Crippen molar-refractivity contribution in [1.82, 2.24) is 30.0 Å². The fourth-order valence-electron chi connectivity index (χ4n) is 3.84. The van der Waals surface area contributed by atoms with Crippen LogP contribution in [-0.4, -0.2) is 49.0 Å². The third-order valence-electron chi connectivity index (χ3n) is 5.79. The number of fused-ring (bicyclic) bond motifs is 1. The minimum Gasteiger partial charge on any atom is -0.351 e. The molecule has 0 aliphatic carbocycles. The van der Waals surface area contributed by atoms with Crippen molar-refractivity contribution in [3.05, 3.63) is 78.9 Å². The van der Waals surface area contributed by atoms with Crippen LogP contribution in [0.3, 0.4) is 0 Å². The molecule has 1 aliphatic rings. The molecule has 1 saturated heterocycles. The highest BCUT2D eigenvalue weighted by Crippen LogP contribution is 2.25. The molecule has 8 heteroatoms. The predicted octanol–water partition coefficient (Wildman–Crippen LogP) is 4.20. The summed E-state index contributed by atoms with van der Waals surface area (Å²) in [5, 5.41) is 11.0. The SMILES string of the molecule is O=C(c1cc2ccc(-c3nc#cc(Nc4ccc(-c5cn[nH]c5)cc4)n3)cc2[nH]1)N1CCC1. The van der Waals surface area contributed by atoms with Gasteiger partial charge in [0.2, 0.25) is 0 Å². The number of aromatic nitrogens is 5. The molecule has 5 aromatic rings. The summed E-state index contributed by atoms with van der Waals surface area (Å²) >= 11 is 0. The summed E-state index contributed by atoms with van der Waals surface area (Å²) in [6.07, 6.45) is 7.51. The second-order valence-corrected chi connectivity index (χ2v) is 7.95. The van der Waals surface area contributed by atoms with Crippen LogP contribution < -0.4 is 5.32 Å². The van der Waals surface area contributed by atoms with Crippen LogP contribution in [0.25, 0.3) is 33.4 Å². The van der Waals surface area contributed by atoms with Gasteiger partial charge in [-0.05, 0) is 42.3 Å². The average Bonchev–Trinajstić information content (AvgIpc) is 3.48. The molecule has 6 rings (SSSR count). The third kappa shape index (κ3) is 3.66. The van der Waals surface area contributed by atoms with Gasteiger partial charge in [0, 0.05) is 53.2 Å². The van der Waals surface area contributed by atoms with Crippen molar-refractivity contribution in [3.63, 3.8) is 0 Å². The Bertz CT molecular complexity index is 1430. The lowest BCUT2D eigenvalue weighted by Gasteiger charge is -2.30. The topological polar surface area (TPSA) is 103 Å². The maximum absolute atomic E-state index is 12.5. The molecular formula is C25H19N7O. The second-order valence-electron chi connectivity index (χ2n) is 7.95. The van der Waals surface area contributed by atoms with Crippen molar-refractivity contribution in [3.8, 4) is 22.5 Å². The Hall–Kier alpha value is -4.64. The predicted molar refractivity (Wildman–Crippen MR) is 125 cm³/mol. The van der Waals surface area contributed by atoms with Crippen molar-refractivity contribution < 1.29 is 4.79 Å². The number of rotatable bonds is 5. The van der Waals surface area contributed by atoms with Gasteiger partial charge in [-0.25, -0.2) is 4.98 Å². The Balaban J connectivity index is 1.23. The number of carbonyl (C=O) groups is 1. The van der Waals surface area contributed by atoms with E-state index in [2.05, 4.69) is 42.7 Å². The number of anilines is 2. The van der Waals surface area contributed by atoms with E-state index < -0.39 is 0 Å². The summed E-state index contributed by atoms with van der Waals surface area (Å²) in [5.41, 5.74) is 5.29. The number of hydrogen-bond acceptors (Lipinski definition) is 5. The number of benzene rings is 2. The molecule has 33 heavy (non-hydrogen) atoms. The van der Waals surface area contributed by atoms with E-state index in [0.717, 1.165) is 52.8 Å². The fraction of sp³-hybridized carbons (Fsp3) is 0.120. The normalized spacial score (nSPS) is 12.9. The van der Waals surface area contributed by atoms with Crippen molar-refractivity contribution in [1.29, 1.82) is 0 Å². The maximum Gasteiger partial charge on any atom is 0.270 e. The molecule has 3 aromatic heterocycles. The van der Waals surface area contributed by atoms with Gasteiger partial charge < -0.3 is 15.2 Å². The van der Waals surface area contributed by atoms with E-state index in [1.807, 2.05) is 59.6 Å². The molecule has 0 bridgehead atoms. The lowest BCUT2D eigenvalue weighted by Crippen LogP contribution is -2.42. The van der Waals surface area contributed by atoms with Gasteiger partial charge in [-0.1, -0.05) is 24.3 Å². The van der Waals surface area contributed by atoms with Crippen molar-refractivity contribution >= 4 is 28.3 Å². The van der Waals surface area contributed by atoms with E-state index in [4.69, 9.17) is 0 Å². The van der Waals surface area contributed by atoms with Crippen molar-refractivity contribution in [2.75, 3.05) is 18.4 Å². The smallest absolute Gasteiger partial charge is 0.270 e. The number of H-pyrrole nitrogens is 2. The standard InChI is InChI=1S/C25H19N7O/c33-25(32-10-1-11-32)22-12-17-2-3-18(13-21(17)30-22)24-26-9-8-23(31-24)29-20-6-4-16(5-7-20)19-14-27-28-15-19/h2-7,12-15,30H,1,10-11H2,(H,27,28)(H,26,29,31). The van der Waals surface area contributed by atoms with Crippen LogP contribution in [0, 0.1) is 12.3 Å². The van der Waals surface area contributed by atoms with Gasteiger partial charge >= 0.3 is 0 Å². The summed E-state index contributed by atoms with van der Waals surface area (Å²) in [4.78, 5) is 26.5. The summed E-state index contributed by atoms with van der Waals surface area (Å²) < 4.78 is 0. The molecule has 1 amide bonds. The summed E-state index contributed by atoms with van der Waals surface area (Å²) in [7, 11) is 0. The molecule has 0 radical (unpaired) electrons. The van der Waals surface area contributed by atoms with E-state index in [9.17, 15) is 4.79 Å². The van der Waals surface area contributed by atoms with E-state index in [-0.39, 0.29) is 5.91 Å². The lowest BCUT2D eigenvalue weighted by atomic mass is 10.1. The number of hydrogen-bond donors (Lipinski definition) is 3. The van der Waals surface area contributed by atoms with Gasteiger partial charge in [0.25, 0.3) is 5.91 Å². The molecule has 1 fully saturated rings. The minimum absolute atomic E-state index is 0.0446. The molecule has 0 spiro atoms. The number of aromatic amines is 2. The van der Waals surface area contributed by atoms with Crippen LogP contribution >= 0.6 is 0 Å². The fourth-order valence-corrected chi connectivity index (χ4v) is 3.84. The van der Waals surface area contributed by atoms with E-state index in [0.29, 0.717) is 17.3 Å². The Morgan fingerprint density at radius 3 is 2.64 bits per heavy atom. The van der Waals surface area contributed by atoms with Gasteiger partial charge in [0.1, 0.15) is 5.69 Å². The first-order valence-corrected chi connectivity index (χ1v) is 10.7. The minimum atomic E-state index is 0.0446. The first-order chi connectivity index (χ1) is 16.2. The summed E-state index contributed by atoms with van der Waals surface area (Å²) in [6, 6.07) is 18.6. The van der Waals surface area contributed by atoms with Crippen LogP contribution in [-0.2, 0) is 0 Å². The highest BCUT2D eigenvalue weighted by molar-refractivity contribution is 5.99. The summed E-state index contributed by atoms with van der Waals surface area (Å²) in [6.45, 7) is 1.65. The van der Waals surface area contributed by atoms with Crippen LogP contribution in [0.1, 0.15) is 16.9 Å². The third-order valence-corrected chi connectivity index (χ3v) is 5.79. The number of carbonyl (C=O) groups excluding carboxylic acids is 1. The largest absolute Gasteiger partial charge is 0.351 e. The zero-order valence-corrected chi connectivity index (χ0v) is 17.6. The molecule has 1 aliphatic heterocycles. The number of nitrogens with one attached hydrogen (secondary N) is 3. The first-order valence-electron chi connectivity index (χ1n) is 10.7. The zero-order chi connectivity index (χ0) is 22.2. The maximum atomic E-state index is 12.5. The van der Waals surface area contributed by atoms with E-state index >= 15 is 0 Å². The van der Waals surface area contributed by atoms with E-state index in [1.54, 1.807) is 6.20 Å². The van der Waals surface area contributed by atoms with Crippen LogP contribution in [0.4, 0.5) is 11.5 Å². The quantitative estimate of drug-likeness (QED) is 0.385. The molecule has 0 saturated carbocycles. The Morgan fingerprint density at radius 2 is 1.88 bits per heavy atom. The van der Waals surface area contributed by atoms with Gasteiger partial charge in [0.05, 0.1) is 6.20 Å². The van der Waals surface area contributed by atoms with Crippen LogP contribution in [0.15, 0.2) is 60.9 Å². The highest BCUT2D eigenvalue weighted by Gasteiger charge is 2.23. The van der Waals surface area contributed by atoms with Gasteiger partial charge in [-0.2, -0.15) is 10.1 Å². The average molecular weight is 433 g/mol. The molecule has 160 valence electrons. The lowest BCUT2D eigenvalue weighted by molar-refractivity contribution is 0.0646. The second kappa shape index (κ2) is 7.80. The van der Waals surface area contributed by atoms with Gasteiger partial charge in [0.15, 0.2) is 11.6 Å². The van der Waals surface area contributed by atoms with Crippen molar-refractivity contribution in [2.45, 2.75) is 6.42 Å². The first kappa shape index (κ1) is 19.1. The summed E-state index contributed by atoms with van der Waals surface area (Å²) in [5.74, 6) is 1.10. The molecule has 2 aromatic carbocycles. The molecule has 8 nitrogen and oxygen atoms in total. The number of amides is 1. The molecular weight excluding hydrogens is 414 g/mol. The Morgan fingerprint density at radius 1 is 1.03 bits per heavy atom. The van der Waals surface area contributed by atoms with E-state index in [1.165, 1.54) is 0 Å². The van der Waals surface area contributed by atoms with Crippen LogP contribution in [0.5, 0.6) is 0 Å². The van der Waals surface area contributed by atoms with Crippen molar-refractivity contribution in [2.24, 2.45) is 0 Å². The van der Waals surface area contributed by atoms with Crippen LogP contribution in [0.2, 0.25) is 0 Å². The highest BCUT2D eigenvalue weighted by atomic mass is 16.2. The Labute approximate surface area is 189 Å². The molecule has 0 unspecified atom stereocenters. The molecule has 3 N–H and O–H groups in total.